The van der Waals surface area contributed by atoms with Crippen LogP contribution >= 0.6 is 0 Å². The van der Waals surface area contributed by atoms with Gasteiger partial charge in [-0.25, -0.2) is 0 Å². The number of nitrogens with zero attached hydrogens (tertiary/aromatic N) is 1. The lowest BCUT2D eigenvalue weighted by Crippen LogP contribution is -2.51. The fourth-order valence-electron chi connectivity index (χ4n) is 6.19. The largest absolute Gasteiger partial charge is 0.507 e. The standard InChI is InChI=1S/C29H33NO10/c1-5-29(37)11-21(40-22-10-17(30(2)3)20(33)12-39-22)13-8-15-16(9-14(13)25(29)28(36)38-4)27(35)24-19(32)7-6-18(31)23(24)26(15)34/h6-9,17,20-22,25,31-33,37H,5,10-12H2,1-4H3/t17-,20+,21+,22-,25+,29+/m0/s1. The number of carbonyl (C=O) groups is 3. The number of likely N-dealkylation sites (N-methyl/N-ethyl adjacent to an activating group) is 1. The van der Waals surface area contributed by atoms with E-state index in [9.17, 15) is 34.8 Å². The molecule has 0 unspecified atom stereocenters. The summed E-state index contributed by atoms with van der Waals surface area (Å²) in [6, 6.07) is 4.85. The van der Waals surface area contributed by atoms with E-state index in [2.05, 4.69) is 0 Å². The Bertz CT molecular complexity index is 1390. The molecular formula is C29H33NO10. The van der Waals surface area contributed by atoms with Crippen molar-refractivity contribution in [3.8, 4) is 11.5 Å². The van der Waals surface area contributed by atoms with Crippen LogP contribution in [0.2, 0.25) is 0 Å². The van der Waals surface area contributed by atoms with Crippen LogP contribution in [0.4, 0.5) is 0 Å². The summed E-state index contributed by atoms with van der Waals surface area (Å²) in [5.41, 5.74) is -1.70. The molecule has 1 fully saturated rings. The van der Waals surface area contributed by atoms with Gasteiger partial charge in [0, 0.05) is 30.0 Å². The lowest BCUT2D eigenvalue weighted by molar-refractivity contribution is -0.234. The molecule has 40 heavy (non-hydrogen) atoms. The van der Waals surface area contributed by atoms with E-state index in [-0.39, 0.29) is 53.3 Å². The van der Waals surface area contributed by atoms with Gasteiger partial charge >= 0.3 is 5.97 Å². The third kappa shape index (κ3) is 4.38. The molecule has 0 bridgehead atoms. The number of hydrogen-bond acceptors (Lipinski definition) is 11. The Morgan fingerprint density at radius 2 is 1.65 bits per heavy atom. The molecule has 2 aliphatic carbocycles. The number of aliphatic hydroxyl groups is 2. The number of aromatic hydroxyl groups is 2. The van der Waals surface area contributed by atoms with E-state index in [4.69, 9.17) is 14.2 Å². The van der Waals surface area contributed by atoms with Crippen molar-refractivity contribution in [1.82, 2.24) is 4.90 Å². The Balaban J connectivity index is 1.65. The maximum absolute atomic E-state index is 13.6. The van der Waals surface area contributed by atoms with E-state index >= 15 is 0 Å². The highest BCUT2D eigenvalue weighted by molar-refractivity contribution is 6.30. The van der Waals surface area contributed by atoms with Crippen molar-refractivity contribution in [2.45, 2.75) is 62.2 Å². The van der Waals surface area contributed by atoms with Crippen molar-refractivity contribution < 1.29 is 49.0 Å². The molecule has 1 aliphatic heterocycles. The van der Waals surface area contributed by atoms with Crippen LogP contribution in [0, 0.1) is 0 Å². The summed E-state index contributed by atoms with van der Waals surface area (Å²) in [6.45, 7) is 1.75. The minimum atomic E-state index is -1.62. The quantitative estimate of drug-likeness (QED) is 0.268. The van der Waals surface area contributed by atoms with Gasteiger partial charge in [-0.05, 0) is 55.9 Å². The van der Waals surface area contributed by atoms with Gasteiger partial charge in [0.25, 0.3) is 0 Å². The molecule has 0 aromatic heterocycles. The third-order valence-corrected chi connectivity index (χ3v) is 8.42. The SMILES string of the molecule is CC[C@@]1(O)C[C@@H](O[C@H]2C[C@H](N(C)C)[C@H](O)CO2)c2cc3c(cc2[C@@H]1C(=O)OC)C(=O)c1c(O)ccc(O)c1C3=O. The Labute approximate surface area is 230 Å². The minimum absolute atomic E-state index is 0.0255. The molecular weight excluding hydrogens is 522 g/mol. The summed E-state index contributed by atoms with van der Waals surface area (Å²) >= 11 is 0. The van der Waals surface area contributed by atoms with Crippen molar-refractivity contribution in [2.75, 3.05) is 27.8 Å². The van der Waals surface area contributed by atoms with Crippen molar-refractivity contribution in [3.63, 3.8) is 0 Å². The van der Waals surface area contributed by atoms with Crippen LogP contribution in [-0.2, 0) is 19.0 Å². The van der Waals surface area contributed by atoms with Crippen LogP contribution in [0.1, 0.15) is 81.2 Å². The van der Waals surface area contributed by atoms with E-state index in [1.54, 1.807) is 6.92 Å². The van der Waals surface area contributed by atoms with Crippen LogP contribution in [0.15, 0.2) is 24.3 Å². The Hall–Kier alpha value is -3.35. The molecule has 4 N–H and O–H groups in total. The first kappa shape index (κ1) is 28.2. The van der Waals surface area contributed by atoms with Gasteiger partial charge < -0.3 is 39.5 Å². The second-order valence-electron chi connectivity index (χ2n) is 10.9. The van der Waals surface area contributed by atoms with Crippen LogP contribution < -0.4 is 0 Å². The second kappa shape index (κ2) is 10.2. The molecule has 1 saturated heterocycles. The van der Waals surface area contributed by atoms with Crippen LogP contribution in [0.3, 0.4) is 0 Å². The zero-order chi connectivity index (χ0) is 29.1. The second-order valence-corrected chi connectivity index (χ2v) is 10.9. The molecule has 0 amide bonds. The number of hydrogen-bond donors (Lipinski definition) is 4. The molecule has 2 aromatic rings. The van der Waals surface area contributed by atoms with Gasteiger partial charge in [0.1, 0.15) is 17.4 Å². The van der Waals surface area contributed by atoms with E-state index in [1.165, 1.54) is 19.2 Å². The summed E-state index contributed by atoms with van der Waals surface area (Å²) in [7, 11) is 4.87. The normalized spacial score (nSPS) is 29.5. The fraction of sp³-hybridized carbons (Fsp3) is 0.483. The number of ketones is 2. The van der Waals surface area contributed by atoms with E-state index in [0.29, 0.717) is 12.0 Å². The number of fused-ring (bicyclic) bond motifs is 3. The summed E-state index contributed by atoms with van der Waals surface area (Å²) in [5.74, 6) is -4.19. The van der Waals surface area contributed by atoms with E-state index in [0.717, 1.165) is 12.1 Å². The number of aliphatic hydroxyl groups excluding tert-OH is 1. The van der Waals surface area contributed by atoms with Crippen LogP contribution in [0.5, 0.6) is 11.5 Å². The maximum atomic E-state index is 13.6. The average molecular weight is 556 g/mol. The first-order valence-corrected chi connectivity index (χ1v) is 13.2. The molecule has 11 heteroatoms. The number of esters is 1. The average Bonchev–Trinajstić information content (AvgIpc) is 2.92. The van der Waals surface area contributed by atoms with Crippen molar-refractivity contribution in [1.29, 1.82) is 0 Å². The fourth-order valence-corrected chi connectivity index (χ4v) is 6.19. The number of methoxy groups -OCH3 is 1. The predicted molar refractivity (Wildman–Crippen MR) is 139 cm³/mol. The van der Waals surface area contributed by atoms with Crippen molar-refractivity contribution >= 4 is 17.5 Å². The monoisotopic (exact) mass is 555 g/mol. The number of benzene rings is 2. The molecule has 0 radical (unpaired) electrons. The lowest BCUT2D eigenvalue weighted by atomic mass is 9.67. The molecule has 3 aliphatic rings. The molecule has 0 spiro atoms. The predicted octanol–water partition coefficient (Wildman–Crippen LogP) is 1.77. The van der Waals surface area contributed by atoms with Crippen molar-refractivity contribution in [2.24, 2.45) is 0 Å². The van der Waals surface area contributed by atoms with Crippen LogP contribution in [0.25, 0.3) is 0 Å². The smallest absolute Gasteiger partial charge is 0.316 e. The first-order chi connectivity index (χ1) is 18.9. The summed E-state index contributed by atoms with van der Waals surface area (Å²) < 4.78 is 17.2. The Kier molecular flexibility index (Phi) is 7.22. The Morgan fingerprint density at radius 3 is 2.17 bits per heavy atom. The van der Waals surface area contributed by atoms with E-state index < -0.39 is 59.1 Å². The third-order valence-electron chi connectivity index (χ3n) is 8.42. The van der Waals surface area contributed by atoms with Gasteiger partial charge in [0.15, 0.2) is 17.9 Å². The molecule has 214 valence electrons. The topological polar surface area (TPSA) is 163 Å². The molecule has 11 nitrogen and oxygen atoms in total. The highest BCUT2D eigenvalue weighted by atomic mass is 16.7. The van der Waals surface area contributed by atoms with Gasteiger partial charge in [0.05, 0.1) is 42.7 Å². The molecule has 0 saturated carbocycles. The summed E-state index contributed by atoms with van der Waals surface area (Å²) in [6.07, 6.45) is -1.89. The minimum Gasteiger partial charge on any atom is -0.507 e. The number of ether oxygens (including phenoxy) is 3. The lowest BCUT2D eigenvalue weighted by Gasteiger charge is -2.45. The van der Waals surface area contributed by atoms with Crippen LogP contribution in [-0.4, -0.2) is 94.7 Å². The first-order valence-electron chi connectivity index (χ1n) is 13.2. The van der Waals surface area contributed by atoms with Gasteiger partial charge in [0.2, 0.25) is 0 Å². The number of phenolic OH excluding ortho intramolecular Hbond substituents is 2. The molecule has 2 aromatic carbocycles. The van der Waals surface area contributed by atoms with Gasteiger partial charge in [-0.3, -0.25) is 14.4 Å². The summed E-state index contributed by atoms with van der Waals surface area (Å²) in [5, 5.41) is 42.9. The highest BCUT2D eigenvalue weighted by Crippen LogP contribution is 2.50. The zero-order valence-corrected chi connectivity index (χ0v) is 22.7. The van der Waals surface area contributed by atoms with E-state index in [1.807, 2.05) is 19.0 Å². The number of rotatable bonds is 5. The summed E-state index contributed by atoms with van der Waals surface area (Å²) in [4.78, 5) is 42.0. The van der Waals surface area contributed by atoms with Gasteiger partial charge in [-0.1, -0.05) is 6.92 Å². The highest BCUT2D eigenvalue weighted by Gasteiger charge is 2.51. The zero-order valence-electron chi connectivity index (χ0n) is 22.7. The molecule has 1 heterocycles. The Morgan fingerprint density at radius 1 is 1.07 bits per heavy atom. The van der Waals surface area contributed by atoms with Gasteiger partial charge in [-0.2, -0.15) is 0 Å². The molecule has 6 atom stereocenters. The van der Waals surface area contributed by atoms with Gasteiger partial charge in [-0.15, -0.1) is 0 Å². The number of phenols is 2. The molecule has 5 rings (SSSR count). The maximum Gasteiger partial charge on any atom is 0.316 e. The van der Waals surface area contributed by atoms with Crippen molar-refractivity contribution in [3.05, 3.63) is 57.6 Å². The number of carbonyl (C=O) groups excluding carboxylic acids is 3.